The summed E-state index contributed by atoms with van der Waals surface area (Å²) in [5.41, 5.74) is 5.29. The maximum absolute atomic E-state index is 11.1. The molecule has 0 aliphatic carbocycles. The standard InChI is InChI=1S/C10H15NO8/c11-5(3-8(15)16)6(12)4-10(18)19-9(17)2-1-7(13)14/h5-6,12H,1-4,11H2,(H,13,14)(H,15,16). The van der Waals surface area contributed by atoms with Gasteiger partial charge in [0.1, 0.15) is 0 Å². The number of carbonyl (C=O) groups is 4. The zero-order valence-corrected chi connectivity index (χ0v) is 9.94. The summed E-state index contributed by atoms with van der Waals surface area (Å²) in [6.07, 6.45) is -3.60. The van der Waals surface area contributed by atoms with E-state index in [1.807, 2.05) is 0 Å². The molecule has 2 unspecified atom stereocenters. The van der Waals surface area contributed by atoms with E-state index >= 15 is 0 Å². The minimum atomic E-state index is -1.46. The first-order valence-corrected chi connectivity index (χ1v) is 5.33. The number of carbonyl (C=O) groups excluding carboxylic acids is 2. The van der Waals surface area contributed by atoms with Crippen molar-refractivity contribution in [3.63, 3.8) is 0 Å². The Labute approximate surface area is 108 Å². The van der Waals surface area contributed by atoms with Crippen LogP contribution >= 0.6 is 0 Å². The van der Waals surface area contributed by atoms with Gasteiger partial charge in [-0.25, -0.2) is 0 Å². The van der Waals surface area contributed by atoms with Crippen molar-refractivity contribution in [1.29, 1.82) is 0 Å². The van der Waals surface area contributed by atoms with Crippen molar-refractivity contribution < 1.29 is 39.2 Å². The van der Waals surface area contributed by atoms with Crippen LogP contribution in [0, 0.1) is 0 Å². The molecule has 9 heteroatoms. The van der Waals surface area contributed by atoms with Crippen LogP contribution in [0.15, 0.2) is 0 Å². The average Bonchev–Trinajstić information content (AvgIpc) is 2.24. The Bertz CT molecular complexity index is 367. The highest BCUT2D eigenvalue weighted by Crippen LogP contribution is 2.04. The van der Waals surface area contributed by atoms with Gasteiger partial charge in [-0.3, -0.25) is 19.2 Å². The molecule has 0 saturated carbocycles. The lowest BCUT2D eigenvalue weighted by Gasteiger charge is -2.15. The number of hydrogen-bond acceptors (Lipinski definition) is 7. The number of carboxylic acids is 2. The smallest absolute Gasteiger partial charge is 0.316 e. The number of aliphatic hydroxyl groups is 1. The van der Waals surface area contributed by atoms with Crippen molar-refractivity contribution >= 4 is 23.9 Å². The summed E-state index contributed by atoms with van der Waals surface area (Å²) in [4.78, 5) is 42.6. The van der Waals surface area contributed by atoms with Crippen LogP contribution in [0.4, 0.5) is 0 Å². The summed E-state index contributed by atoms with van der Waals surface area (Å²) in [7, 11) is 0. The van der Waals surface area contributed by atoms with Gasteiger partial charge in [-0.15, -0.1) is 0 Å². The molecule has 9 nitrogen and oxygen atoms in total. The zero-order chi connectivity index (χ0) is 15.0. The Morgan fingerprint density at radius 1 is 0.947 bits per heavy atom. The van der Waals surface area contributed by atoms with E-state index in [1.54, 1.807) is 0 Å². The van der Waals surface area contributed by atoms with Gasteiger partial charge in [-0.05, 0) is 0 Å². The molecular formula is C10H15NO8. The summed E-state index contributed by atoms with van der Waals surface area (Å²) >= 11 is 0. The fraction of sp³-hybridized carbons (Fsp3) is 0.600. The van der Waals surface area contributed by atoms with Gasteiger partial charge in [0.25, 0.3) is 0 Å². The van der Waals surface area contributed by atoms with E-state index in [0.717, 1.165) is 0 Å². The molecule has 0 aliphatic rings. The molecule has 19 heavy (non-hydrogen) atoms. The van der Waals surface area contributed by atoms with E-state index in [1.165, 1.54) is 0 Å². The topological polar surface area (TPSA) is 164 Å². The third-order valence-corrected chi connectivity index (χ3v) is 2.05. The molecule has 0 aliphatic heterocycles. The van der Waals surface area contributed by atoms with Crippen molar-refractivity contribution in [2.45, 2.75) is 37.8 Å². The summed E-state index contributed by atoms with van der Waals surface area (Å²) < 4.78 is 4.22. The number of rotatable bonds is 8. The first-order valence-electron chi connectivity index (χ1n) is 5.33. The van der Waals surface area contributed by atoms with Crippen molar-refractivity contribution in [2.24, 2.45) is 5.73 Å². The van der Waals surface area contributed by atoms with E-state index in [4.69, 9.17) is 15.9 Å². The van der Waals surface area contributed by atoms with Crippen LogP contribution in [0.1, 0.15) is 25.7 Å². The number of nitrogens with two attached hydrogens (primary N) is 1. The molecule has 108 valence electrons. The summed E-state index contributed by atoms with van der Waals surface area (Å²) in [5.74, 6) is -4.58. The lowest BCUT2D eigenvalue weighted by atomic mass is 10.1. The maximum atomic E-state index is 11.1. The SMILES string of the molecule is NC(CC(=O)O)C(O)CC(=O)OC(=O)CCC(=O)O. The summed E-state index contributed by atoms with van der Waals surface area (Å²) in [6, 6.07) is -1.17. The molecule has 0 spiro atoms. The number of ether oxygens (including phenoxy) is 1. The van der Waals surface area contributed by atoms with Gasteiger partial charge in [0.05, 0.1) is 31.8 Å². The Morgan fingerprint density at radius 3 is 2.00 bits per heavy atom. The highest BCUT2D eigenvalue weighted by atomic mass is 16.6. The van der Waals surface area contributed by atoms with Crippen LogP contribution in [-0.2, 0) is 23.9 Å². The molecule has 0 aromatic heterocycles. The van der Waals surface area contributed by atoms with Crippen molar-refractivity contribution in [3.05, 3.63) is 0 Å². The first-order chi connectivity index (χ1) is 8.72. The molecule has 5 N–H and O–H groups in total. The van der Waals surface area contributed by atoms with E-state index in [9.17, 15) is 24.3 Å². The minimum Gasteiger partial charge on any atom is -0.481 e. The monoisotopic (exact) mass is 277 g/mol. The van der Waals surface area contributed by atoms with Crippen LogP contribution in [0.5, 0.6) is 0 Å². The lowest BCUT2D eigenvalue weighted by Crippen LogP contribution is -2.38. The number of hydrogen-bond donors (Lipinski definition) is 4. The first kappa shape index (κ1) is 17.0. The van der Waals surface area contributed by atoms with Crippen molar-refractivity contribution in [3.8, 4) is 0 Å². The van der Waals surface area contributed by atoms with Gasteiger partial charge in [0, 0.05) is 6.04 Å². The minimum absolute atomic E-state index is 0.474. The van der Waals surface area contributed by atoms with Gasteiger partial charge in [-0.2, -0.15) is 0 Å². The van der Waals surface area contributed by atoms with Crippen LogP contribution < -0.4 is 5.73 Å². The third-order valence-electron chi connectivity index (χ3n) is 2.05. The van der Waals surface area contributed by atoms with Crippen LogP contribution in [0.25, 0.3) is 0 Å². The Morgan fingerprint density at radius 2 is 1.53 bits per heavy atom. The number of aliphatic hydroxyl groups excluding tert-OH is 1. The van der Waals surface area contributed by atoms with Crippen molar-refractivity contribution in [2.75, 3.05) is 0 Å². The molecule has 0 saturated heterocycles. The van der Waals surface area contributed by atoms with E-state index < -0.39 is 61.7 Å². The highest BCUT2D eigenvalue weighted by Gasteiger charge is 2.23. The van der Waals surface area contributed by atoms with Gasteiger partial charge < -0.3 is 25.8 Å². The van der Waals surface area contributed by atoms with Gasteiger partial charge in [0.15, 0.2) is 0 Å². The van der Waals surface area contributed by atoms with Crippen LogP contribution in [0.3, 0.4) is 0 Å². The molecule has 0 aromatic carbocycles. The molecule has 0 heterocycles. The van der Waals surface area contributed by atoms with Gasteiger partial charge in [0.2, 0.25) is 0 Å². The van der Waals surface area contributed by atoms with Crippen LogP contribution in [-0.4, -0.2) is 51.3 Å². The fourth-order valence-corrected chi connectivity index (χ4v) is 1.09. The van der Waals surface area contributed by atoms with E-state index in [2.05, 4.69) is 4.74 Å². The third kappa shape index (κ3) is 8.69. The van der Waals surface area contributed by atoms with E-state index in [0.29, 0.717) is 0 Å². The predicted octanol–water partition coefficient (Wildman–Crippen LogP) is -1.53. The van der Waals surface area contributed by atoms with Gasteiger partial charge >= 0.3 is 23.9 Å². The fourth-order valence-electron chi connectivity index (χ4n) is 1.09. The average molecular weight is 277 g/mol. The van der Waals surface area contributed by atoms with E-state index in [-0.39, 0.29) is 0 Å². The second kappa shape index (κ2) is 8.16. The molecule has 0 fully saturated rings. The molecular weight excluding hydrogens is 262 g/mol. The second-order valence-corrected chi connectivity index (χ2v) is 3.77. The zero-order valence-electron chi connectivity index (χ0n) is 9.94. The largest absolute Gasteiger partial charge is 0.481 e. The maximum Gasteiger partial charge on any atom is 0.316 e. The number of aliphatic carboxylic acids is 2. The lowest BCUT2D eigenvalue weighted by molar-refractivity contribution is -0.162. The van der Waals surface area contributed by atoms with Crippen LogP contribution in [0.2, 0.25) is 0 Å². The normalized spacial score (nSPS) is 13.4. The Hall–Kier alpha value is -2.00. The Kier molecular flexibility index (Phi) is 7.30. The molecule has 2 atom stereocenters. The van der Waals surface area contributed by atoms with Crippen molar-refractivity contribution in [1.82, 2.24) is 0 Å². The Balaban J connectivity index is 4.05. The highest BCUT2D eigenvalue weighted by molar-refractivity contribution is 5.87. The summed E-state index contributed by atoms with van der Waals surface area (Å²) in [6.45, 7) is 0. The number of carboxylic acid groups (broad SMARTS) is 2. The second-order valence-electron chi connectivity index (χ2n) is 3.77. The predicted molar refractivity (Wildman–Crippen MR) is 58.8 cm³/mol. The quantitative estimate of drug-likeness (QED) is 0.304. The van der Waals surface area contributed by atoms with Gasteiger partial charge in [-0.1, -0.05) is 0 Å². The molecule has 0 aromatic rings. The molecule has 0 amide bonds. The molecule has 0 bridgehead atoms. The number of esters is 2. The molecule has 0 radical (unpaired) electrons. The molecule has 0 rings (SSSR count). The summed E-state index contributed by atoms with van der Waals surface area (Å²) in [5, 5.41) is 26.1.